The smallest absolute Gasteiger partial charge is 0.0991 e. The lowest BCUT2D eigenvalue weighted by Crippen LogP contribution is -2.40. The first-order chi connectivity index (χ1) is 9.49. The van der Waals surface area contributed by atoms with Crippen molar-refractivity contribution in [2.24, 2.45) is 5.92 Å². The average Bonchev–Trinajstić information content (AvgIpc) is 2.75. The van der Waals surface area contributed by atoms with Gasteiger partial charge in [-0.2, -0.15) is 0 Å². The van der Waals surface area contributed by atoms with Crippen LogP contribution in [-0.4, -0.2) is 30.6 Å². The summed E-state index contributed by atoms with van der Waals surface area (Å²) in [6.45, 7) is 10.2. The zero-order valence-electron chi connectivity index (χ0n) is 12.5. The second-order valence-corrected chi connectivity index (χ2v) is 8.23. The largest absolute Gasteiger partial charge is 0.317 e. The van der Waals surface area contributed by atoms with Gasteiger partial charge >= 0.3 is 0 Å². The average molecular weight is 335 g/mol. The molecule has 0 aromatic carbocycles. The fraction of sp³-hybridized carbons (Fsp3) is 0.733. The van der Waals surface area contributed by atoms with Gasteiger partial charge in [0, 0.05) is 24.2 Å². The summed E-state index contributed by atoms with van der Waals surface area (Å²) < 4.78 is 1.61. The van der Waals surface area contributed by atoms with E-state index in [-0.39, 0.29) is 0 Å². The first kappa shape index (κ1) is 16.6. The predicted molar refractivity (Wildman–Crippen MR) is 90.2 cm³/mol. The Hall–Kier alpha value is 0.200. The van der Waals surface area contributed by atoms with Crippen LogP contribution < -0.4 is 5.32 Å². The molecule has 0 aliphatic carbocycles. The SMILES string of the molecule is CC(C)N(CC1CCNCC1)C(C)c1cc(Cl)sc1Cl. The molecule has 1 saturated heterocycles. The normalized spacial score (nSPS) is 18.9. The number of hydrogen-bond acceptors (Lipinski definition) is 3. The number of hydrogen-bond donors (Lipinski definition) is 1. The first-order valence-corrected chi connectivity index (χ1v) is 8.97. The summed E-state index contributed by atoms with van der Waals surface area (Å²) in [6, 6.07) is 2.85. The van der Waals surface area contributed by atoms with E-state index >= 15 is 0 Å². The maximum atomic E-state index is 6.33. The van der Waals surface area contributed by atoms with Gasteiger partial charge in [-0.05, 0) is 58.7 Å². The van der Waals surface area contributed by atoms with Crippen molar-refractivity contribution in [2.75, 3.05) is 19.6 Å². The Labute approximate surface area is 136 Å². The second kappa shape index (κ2) is 7.46. The maximum Gasteiger partial charge on any atom is 0.0991 e. The first-order valence-electron chi connectivity index (χ1n) is 7.40. The second-order valence-electron chi connectivity index (χ2n) is 5.94. The molecule has 0 amide bonds. The summed E-state index contributed by atoms with van der Waals surface area (Å²) >= 11 is 13.9. The molecule has 2 nitrogen and oxygen atoms in total. The zero-order chi connectivity index (χ0) is 14.7. The van der Waals surface area contributed by atoms with Gasteiger partial charge in [-0.25, -0.2) is 0 Å². The number of halogens is 2. The highest BCUT2D eigenvalue weighted by Crippen LogP contribution is 2.38. The molecule has 2 heterocycles. The Morgan fingerprint density at radius 3 is 2.45 bits per heavy atom. The zero-order valence-corrected chi connectivity index (χ0v) is 14.8. The van der Waals surface area contributed by atoms with Crippen LogP contribution in [-0.2, 0) is 0 Å². The Balaban J connectivity index is 2.09. The van der Waals surface area contributed by atoms with Crippen LogP contribution in [0.25, 0.3) is 0 Å². The van der Waals surface area contributed by atoms with E-state index in [1.807, 2.05) is 6.07 Å². The summed E-state index contributed by atoms with van der Waals surface area (Å²) in [5.74, 6) is 0.786. The van der Waals surface area contributed by atoms with Crippen molar-refractivity contribution in [3.63, 3.8) is 0 Å². The van der Waals surface area contributed by atoms with E-state index in [2.05, 4.69) is 31.0 Å². The molecule has 1 aliphatic rings. The van der Waals surface area contributed by atoms with E-state index in [0.717, 1.165) is 34.2 Å². The molecule has 2 rings (SSSR count). The quantitative estimate of drug-likeness (QED) is 0.829. The third-order valence-corrected chi connectivity index (χ3v) is 5.74. The summed E-state index contributed by atoms with van der Waals surface area (Å²) in [4.78, 5) is 2.56. The van der Waals surface area contributed by atoms with Crippen LogP contribution in [0, 0.1) is 5.92 Å². The molecule has 1 fully saturated rings. The van der Waals surface area contributed by atoms with Crippen LogP contribution in [0.5, 0.6) is 0 Å². The molecule has 1 unspecified atom stereocenters. The van der Waals surface area contributed by atoms with Gasteiger partial charge in [-0.3, -0.25) is 4.90 Å². The van der Waals surface area contributed by atoms with Gasteiger partial charge in [-0.1, -0.05) is 23.2 Å². The molecule has 0 radical (unpaired) electrons. The lowest BCUT2D eigenvalue weighted by atomic mass is 9.95. The third-order valence-electron chi connectivity index (χ3n) is 4.22. The lowest BCUT2D eigenvalue weighted by molar-refractivity contribution is 0.125. The molecule has 20 heavy (non-hydrogen) atoms. The summed E-state index contributed by atoms with van der Waals surface area (Å²) in [6.07, 6.45) is 2.54. The molecule has 1 atom stereocenters. The molecular weight excluding hydrogens is 311 g/mol. The van der Waals surface area contributed by atoms with E-state index < -0.39 is 0 Å². The Bertz CT molecular complexity index is 428. The van der Waals surface area contributed by atoms with Crippen LogP contribution in [0.15, 0.2) is 6.07 Å². The van der Waals surface area contributed by atoms with E-state index in [9.17, 15) is 0 Å². The maximum absolute atomic E-state index is 6.33. The third kappa shape index (κ3) is 4.11. The highest BCUT2D eigenvalue weighted by atomic mass is 35.5. The highest BCUT2D eigenvalue weighted by Gasteiger charge is 2.25. The van der Waals surface area contributed by atoms with Gasteiger partial charge in [0.05, 0.1) is 8.67 Å². The summed E-state index contributed by atoms with van der Waals surface area (Å²) in [5, 5.41) is 3.44. The van der Waals surface area contributed by atoms with Gasteiger partial charge in [0.1, 0.15) is 0 Å². The fourth-order valence-electron chi connectivity index (χ4n) is 3.00. The van der Waals surface area contributed by atoms with Crippen LogP contribution in [0.4, 0.5) is 0 Å². The molecule has 5 heteroatoms. The minimum absolute atomic E-state index is 0.320. The number of nitrogens with zero attached hydrogens (tertiary/aromatic N) is 1. The monoisotopic (exact) mass is 334 g/mol. The van der Waals surface area contributed by atoms with E-state index in [4.69, 9.17) is 23.2 Å². The topological polar surface area (TPSA) is 15.3 Å². The van der Waals surface area contributed by atoms with Crippen molar-refractivity contribution in [3.05, 3.63) is 20.3 Å². The molecule has 1 N–H and O–H groups in total. The van der Waals surface area contributed by atoms with E-state index in [1.54, 1.807) is 0 Å². The molecule has 1 aromatic rings. The van der Waals surface area contributed by atoms with Crippen LogP contribution in [0.3, 0.4) is 0 Å². The van der Waals surface area contributed by atoms with Crippen molar-refractivity contribution in [1.29, 1.82) is 0 Å². The molecule has 1 aliphatic heterocycles. The van der Waals surface area contributed by atoms with Crippen molar-refractivity contribution < 1.29 is 0 Å². The molecule has 114 valence electrons. The lowest BCUT2D eigenvalue weighted by Gasteiger charge is -2.37. The van der Waals surface area contributed by atoms with Gasteiger partial charge in [0.2, 0.25) is 0 Å². The van der Waals surface area contributed by atoms with Crippen molar-refractivity contribution in [2.45, 2.75) is 45.7 Å². The van der Waals surface area contributed by atoms with Crippen LogP contribution in [0.1, 0.15) is 45.2 Å². The number of thiophene rings is 1. The summed E-state index contributed by atoms with van der Waals surface area (Å²) in [7, 11) is 0. The predicted octanol–water partition coefficient (Wildman–Crippen LogP) is 4.83. The van der Waals surface area contributed by atoms with Crippen LogP contribution in [0.2, 0.25) is 8.67 Å². The number of rotatable bonds is 5. The van der Waals surface area contributed by atoms with Gasteiger partial charge in [0.15, 0.2) is 0 Å². The molecule has 0 saturated carbocycles. The summed E-state index contributed by atoms with van der Waals surface area (Å²) in [5.41, 5.74) is 1.17. The molecule has 0 bridgehead atoms. The minimum atomic E-state index is 0.320. The van der Waals surface area contributed by atoms with E-state index in [0.29, 0.717) is 12.1 Å². The molecular formula is C15H24Cl2N2S. The fourth-order valence-corrected chi connectivity index (χ4v) is 4.63. The van der Waals surface area contributed by atoms with Crippen molar-refractivity contribution >= 4 is 34.5 Å². The minimum Gasteiger partial charge on any atom is -0.317 e. The van der Waals surface area contributed by atoms with Gasteiger partial charge in [0.25, 0.3) is 0 Å². The number of piperidine rings is 1. The van der Waals surface area contributed by atoms with Crippen LogP contribution >= 0.6 is 34.5 Å². The Morgan fingerprint density at radius 2 is 1.95 bits per heavy atom. The highest BCUT2D eigenvalue weighted by molar-refractivity contribution is 7.20. The molecule has 1 aromatic heterocycles. The van der Waals surface area contributed by atoms with Gasteiger partial charge in [-0.15, -0.1) is 11.3 Å². The van der Waals surface area contributed by atoms with E-state index in [1.165, 1.54) is 29.7 Å². The van der Waals surface area contributed by atoms with Crippen molar-refractivity contribution in [1.82, 2.24) is 10.2 Å². The Kier molecular flexibility index (Phi) is 6.18. The van der Waals surface area contributed by atoms with Gasteiger partial charge < -0.3 is 5.32 Å². The Morgan fingerprint density at radius 1 is 1.30 bits per heavy atom. The van der Waals surface area contributed by atoms with Crippen molar-refractivity contribution in [3.8, 4) is 0 Å². The molecule has 0 spiro atoms. The standard InChI is InChI=1S/C15H24Cl2N2S/c1-10(2)19(9-12-4-6-18-7-5-12)11(3)13-8-14(16)20-15(13)17/h8,10-12,18H,4-7,9H2,1-3H3. The number of nitrogens with one attached hydrogen (secondary N) is 1.